The molecule has 6 nitrogen and oxygen atoms in total. The van der Waals surface area contributed by atoms with Gasteiger partial charge >= 0.3 is 0 Å². The molecule has 26 heavy (non-hydrogen) atoms. The number of carbonyl (C=O) groups excluding carboxylic acids is 1. The third-order valence-electron chi connectivity index (χ3n) is 3.88. The number of primary amides is 1. The first-order chi connectivity index (χ1) is 12.7. The molecule has 0 saturated carbocycles. The van der Waals surface area contributed by atoms with Crippen LogP contribution in [0.3, 0.4) is 0 Å². The summed E-state index contributed by atoms with van der Waals surface area (Å²) in [5.74, 6) is 1.34. The van der Waals surface area contributed by atoms with E-state index in [1.165, 1.54) is 17.3 Å². The second-order valence-corrected chi connectivity index (χ2v) is 6.62. The number of rotatable bonds is 8. The Hall–Kier alpha value is -2.80. The number of amides is 1. The standard InChI is InChI=1S/C19H20N4O2S/c1-25-16-9-7-15(8-10-16)18-21-22-19(26-13-17(20)24)23(18)12-11-14-5-3-2-4-6-14/h2-10H,11-13H2,1H3,(H2,20,24). The SMILES string of the molecule is COc1ccc(-c2nnc(SCC(N)=O)n2CCc2ccccc2)cc1. The number of hydrogen-bond acceptors (Lipinski definition) is 5. The van der Waals surface area contributed by atoms with Crippen molar-refractivity contribution in [3.8, 4) is 17.1 Å². The highest BCUT2D eigenvalue weighted by atomic mass is 32.2. The Morgan fingerprint density at radius 2 is 1.85 bits per heavy atom. The normalized spacial score (nSPS) is 10.7. The number of aromatic nitrogens is 3. The molecule has 3 aromatic rings. The first-order valence-corrected chi connectivity index (χ1v) is 9.18. The highest BCUT2D eigenvalue weighted by Gasteiger charge is 2.15. The topological polar surface area (TPSA) is 83.0 Å². The number of benzene rings is 2. The Labute approximate surface area is 156 Å². The Bertz CT molecular complexity index is 863. The van der Waals surface area contributed by atoms with Gasteiger partial charge in [0, 0.05) is 12.1 Å². The smallest absolute Gasteiger partial charge is 0.227 e. The fraction of sp³-hybridized carbons (Fsp3) is 0.211. The van der Waals surface area contributed by atoms with Crippen molar-refractivity contribution in [2.75, 3.05) is 12.9 Å². The van der Waals surface area contributed by atoms with E-state index in [0.29, 0.717) is 11.7 Å². The van der Waals surface area contributed by atoms with Gasteiger partial charge in [-0.25, -0.2) is 0 Å². The van der Waals surface area contributed by atoms with Crippen LogP contribution in [-0.2, 0) is 17.8 Å². The second-order valence-electron chi connectivity index (χ2n) is 5.68. The third-order valence-corrected chi connectivity index (χ3v) is 4.86. The van der Waals surface area contributed by atoms with E-state index >= 15 is 0 Å². The molecule has 1 aromatic heterocycles. The van der Waals surface area contributed by atoms with E-state index in [1.54, 1.807) is 7.11 Å². The summed E-state index contributed by atoms with van der Waals surface area (Å²) >= 11 is 1.30. The van der Waals surface area contributed by atoms with Gasteiger partial charge in [-0.3, -0.25) is 4.79 Å². The Morgan fingerprint density at radius 1 is 1.12 bits per heavy atom. The van der Waals surface area contributed by atoms with Crippen LogP contribution in [0.2, 0.25) is 0 Å². The molecule has 0 atom stereocenters. The molecule has 0 fully saturated rings. The molecular weight excluding hydrogens is 348 g/mol. The Kier molecular flexibility index (Phi) is 5.91. The van der Waals surface area contributed by atoms with Crippen molar-refractivity contribution in [2.45, 2.75) is 18.1 Å². The minimum absolute atomic E-state index is 0.173. The lowest BCUT2D eigenvalue weighted by molar-refractivity contribution is -0.115. The van der Waals surface area contributed by atoms with Gasteiger partial charge in [-0.1, -0.05) is 42.1 Å². The summed E-state index contributed by atoms with van der Waals surface area (Å²) in [4.78, 5) is 11.1. The quantitative estimate of drug-likeness (QED) is 0.618. The molecule has 134 valence electrons. The van der Waals surface area contributed by atoms with Crippen molar-refractivity contribution in [3.05, 3.63) is 60.2 Å². The minimum atomic E-state index is -0.376. The van der Waals surface area contributed by atoms with Gasteiger partial charge in [0.2, 0.25) is 5.91 Å². The molecule has 0 radical (unpaired) electrons. The molecule has 2 N–H and O–H groups in total. The van der Waals surface area contributed by atoms with Crippen LogP contribution in [-0.4, -0.2) is 33.5 Å². The van der Waals surface area contributed by atoms with Gasteiger partial charge in [0.1, 0.15) is 5.75 Å². The summed E-state index contributed by atoms with van der Waals surface area (Å²) in [5, 5.41) is 9.27. The summed E-state index contributed by atoms with van der Waals surface area (Å²) in [6.07, 6.45) is 0.839. The molecule has 0 aliphatic heterocycles. The van der Waals surface area contributed by atoms with E-state index in [-0.39, 0.29) is 11.7 Å². The lowest BCUT2D eigenvalue weighted by Crippen LogP contribution is -2.14. The van der Waals surface area contributed by atoms with E-state index < -0.39 is 0 Å². The van der Waals surface area contributed by atoms with Gasteiger partial charge in [-0.2, -0.15) is 0 Å². The van der Waals surface area contributed by atoms with Crippen molar-refractivity contribution >= 4 is 17.7 Å². The van der Waals surface area contributed by atoms with Crippen molar-refractivity contribution in [1.82, 2.24) is 14.8 Å². The van der Waals surface area contributed by atoms with Gasteiger partial charge in [-0.05, 0) is 36.2 Å². The monoisotopic (exact) mass is 368 g/mol. The van der Waals surface area contributed by atoms with Crippen molar-refractivity contribution in [1.29, 1.82) is 0 Å². The maximum atomic E-state index is 11.1. The summed E-state index contributed by atoms with van der Waals surface area (Å²) in [6.45, 7) is 0.708. The van der Waals surface area contributed by atoms with Gasteiger partial charge < -0.3 is 15.0 Å². The second kappa shape index (κ2) is 8.53. The molecule has 1 amide bonds. The number of carbonyl (C=O) groups is 1. The zero-order valence-corrected chi connectivity index (χ0v) is 15.3. The lowest BCUT2D eigenvalue weighted by atomic mass is 10.1. The average molecular weight is 368 g/mol. The average Bonchev–Trinajstić information content (AvgIpc) is 3.08. The molecule has 0 saturated heterocycles. The molecule has 1 heterocycles. The molecule has 7 heteroatoms. The van der Waals surface area contributed by atoms with E-state index in [2.05, 4.69) is 22.3 Å². The first-order valence-electron chi connectivity index (χ1n) is 8.20. The van der Waals surface area contributed by atoms with Crippen LogP contribution in [0.4, 0.5) is 0 Å². The van der Waals surface area contributed by atoms with Crippen LogP contribution < -0.4 is 10.5 Å². The molecule has 0 aliphatic carbocycles. The number of ether oxygens (including phenoxy) is 1. The van der Waals surface area contributed by atoms with Crippen LogP contribution in [0.1, 0.15) is 5.56 Å². The Balaban J connectivity index is 1.88. The predicted octanol–water partition coefficient (Wildman–Crippen LogP) is 2.77. The molecule has 3 rings (SSSR count). The number of methoxy groups -OCH3 is 1. The number of thioether (sulfide) groups is 1. The zero-order chi connectivity index (χ0) is 18.4. The summed E-state index contributed by atoms with van der Waals surface area (Å²) in [6, 6.07) is 17.9. The summed E-state index contributed by atoms with van der Waals surface area (Å²) in [7, 11) is 1.63. The molecule has 2 aromatic carbocycles. The first kappa shape index (κ1) is 18.0. The number of aryl methyl sites for hydroxylation is 1. The molecule has 0 unspecified atom stereocenters. The number of nitrogens with zero attached hydrogens (tertiary/aromatic N) is 3. The van der Waals surface area contributed by atoms with Crippen molar-refractivity contribution in [3.63, 3.8) is 0 Å². The van der Waals surface area contributed by atoms with Gasteiger partial charge in [0.15, 0.2) is 11.0 Å². The molecule has 0 spiro atoms. The fourth-order valence-corrected chi connectivity index (χ4v) is 3.28. The summed E-state index contributed by atoms with van der Waals surface area (Å²) in [5.41, 5.74) is 7.45. The Morgan fingerprint density at radius 3 is 2.50 bits per heavy atom. The molecule has 0 bridgehead atoms. The van der Waals surface area contributed by atoms with Crippen LogP contribution in [0, 0.1) is 0 Å². The van der Waals surface area contributed by atoms with Crippen molar-refractivity contribution in [2.24, 2.45) is 5.73 Å². The molecule has 0 aliphatic rings. The maximum Gasteiger partial charge on any atom is 0.227 e. The fourth-order valence-electron chi connectivity index (χ4n) is 2.57. The van der Waals surface area contributed by atoms with E-state index in [0.717, 1.165) is 23.6 Å². The number of hydrogen-bond donors (Lipinski definition) is 1. The summed E-state index contributed by atoms with van der Waals surface area (Å²) < 4.78 is 7.24. The third kappa shape index (κ3) is 4.43. The maximum absolute atomic E-state index is 11.1. The van der Waals surface area contributed by atoms with E-state index in [1.807, 2.05) is 47.0 Å². The molecular formula is C19H20N4O2S. The van der Waals surface area contributed by atoms with Gasteiger partial charge in [-0.15, -0.1) is 10.2 Å². The zero-order valence-electron chi connectivity index (χ0n) is 14.5. The van der Waals surface area contributed by atoms with Crippen LogP contribution in [0.5, 0.6) is 5.75 Å². The van der Waals surface area contributed by atoms with Crippen LogP contribution in [0.15, 0.2) is 59.8 Å². The number of nitrogens with two attached hydrogens (primary N) is 1. The van der Waals surface area contributed by atoms with Crippen LogP contribution >= 0.6 is 11.8 Å². The van der Waals surface area contributed by atoms with Gasteiger partial charge in [0.05, 0.1) is 12.9 Å². The highest BCUT2D eigenvalue weighted by molar-refractivity contribution is 7.99. The minimum Gasteiger partial charge on any atom is -0.497 e. The van der Waals surface area contributed by atoms with Crippen molar-refractivity contribution < 1.29 is 9.53 Å². The van der Waals surface area contributed by atoms with Crippen LogP contribution in [0.25, 0.3) is 11.4 Å². The highest BCUT2D eigenvalue weighted by Crippen LogP contribution is 2.26. The van der Waals surface area contributed by atoms with E-state index in [9.17, 15) is 4.79 Å². The largest absolute Gasteiger partial charge is 0.497 e. The lowest BCUT2D eigenvalue weighted by Gasteiger charge is -2.10. The van der Waals surface area contributed by atoms with E-state index in [4.69, 9.17) is 10.5 Å². The van der Waals surface area contributed by atoms with Gasteiger partial charge in [0.25, 0.3) is 0 Å². The predicted molar refractivity (Wildman–Crippen MR) is 102 cm³/mol.